The molecule has 60 valence electrons. The van der Waals surface area contributed by atoms with E-state index in [4.69, 9.17) is 0 Å². The van der Waals surface area contributed by atoms with Crippen LogP contribution < -0.4 is 0 Å². The number of hydrogen-bond donors (Lipinski definition) is 0. The van der Waals surface area contributed by atoms with Crippen molar-refractivity contribution in [2.75, 3.05) is 0 Å². The van der Waals surface area contributed by atoms with Crippen LogP contribution in [-0.4, -0.2) is 5.78 Å². The third kappa shape index (κ3) is 3.50. The zero-order chi connectivity index (χ0) is 9.02. The normalized spacial score (nSPS) is 11.0. The Morgan fingerprint density at radius 3 is 2.09 bits per heavy atom. The molecule has 0 N–H and O–H groups in total. The van der Waals surface area contributed by atoms with Gasteiger partial charge in [0.2, 0.25) is 0 Å². The fourth-order valence-corrected chi connectivity index (χ4v) is 0.472. The molecular weight excluding hydrogens is 143 g/mol. The summed E-state index contributed by atoms with van der Waals surface area (Å²) < 4.78 is 12.8. The van der Waals surface area contributed by atoms with E-state index in [1.807, 2.05) is 0 Å². The Morgan fingerprint density at radius 1 is 1.36 bits per heavy atom. The fourth-order valence-electron chi connectivity index (χ4n) is 0.472. The molecule has 0 aliphatic heterocycles. The summed E-state index contributed by atoms with van der Waals surface area (Å²) in [6.07, 6.45) is 1.18. The van der Waals surface area contributed by atoms with Crippen molar-refractivity contribution in [3.63, 3.8) is 0 Å². The molecule has 0 aromatic rings. The lowest BCUT2D eigenvalue weighted by atomic mass is 10.1. The second-order valence-electron chi connectivity index (χ2n) is 2.37. The molecule has 0 aromatic carbocycles. The van der Waals surface area contributed by atoms with Crippen molar-refractivity contribution in [1.82, 2.24) is 0 Å². The maximum atomic E-state index is 12.8. The van der Waals surface area contributed by atoms with Crippen molar-refractivity contribution >= 4 is 5.78 Å². The Labute approximate surface area is 65.9 Å². The lowest BCUT2D eigenvalue weighted by Crippen LogP contribution is -1.94. The van der Waals surface area contributed by atoms with E-state index in [0.29, 0.717) is 5.57 Å². The maximum Gasteiger partial charge on any atom is 0.162 e. The molecule has 0 saturated carbocycles. The largest absolute Gasteiger partial charge is 0.294 e. The van der Waals surface area contributed by atoms with Gasteiger partial charge in [0.05, 0.1) is 0 Å². The monoisotopic (exact) mass is 154 g/mol. The summed E-state index contributed by atoms with van der Waals surface area (Å²) in [6.45, 7) is 9.66. The zero-order valence-corrected chi connectivity index (χ0v) is 6.78. The average Bonchev–Trinajstić information content (AvgIpc) is 1.84. The van der Waals surface area contributed by atoms with E-state index in [-0.39, 0.29) is 11.4 Å². The van der Waals surface area contributed by atoms with Crippen LogP contribution in [0.3, 0.4) is 0 Å². The molecule has 0 aromatic heterocycles. The van der Waals surface area contributed by atoms with Crippen molar-refractivity contribution in [3.05, 3.63) is 36.2 Å². The van der Waals surface area contributed by atoms with Crippen LogP contribution in [0.25, 0.3) is 0 Å². The summed E-state index contributed by atoms with van der Waals surface area (Å²) in [5.41, 5.74) is 0.456. The van der Waals surface area contributed by atoms with Crippen molar-refractivity contribution in [3.8, 4) is 0 Å². The highest BCUT2D eigenvalue weighted by atomic mass is 19.1. The third-order valence-corrected chi connectivity index (χ3v) is 1.09. The van der Waals surface area contributed by atoms with Gasteiger partial charge in [-0.25, -0.2) is 4.39 Å². The second-order valence-corrected chi connectivity index (χ2v) is 2.37. The molecule has 0 radical (unpaired) electrons. The number of carbonyl (C=O) groups excluding carboxylic acids is 1. The number of ketones is 1. The lowest BCUT2D eigenvalue weighted by Gasteiger charge is -1.95. The summed E-state index contributed by atoms with van der Waals surface area (Å²) in [7, 11) is 0. The van der Waals surface area contributed by atoms with E-state index < -0.39 is 5.83 Å². The van der Waals surface area contributed by atoms with Crippen molar-refractivity contribution in [2.24, 2.45) is 0 Å². The molecule has 1 nitrogen and oxygen atoms in total. The van der Waals surface area contributed by atoms with Gasteiger partial charge in [-0.3, -0.25) is 4.79 Å². The van der Waals surface area contributed by atoms with Crippen molar-refractivity contribution in [2.45, 2.75) is 13.8 Å². The standard InChI is InChI=1S/C9H11FO/c1-6(2)5-9(10)7(3)8(4)11/h5H,1,3H2,2,4H3/b9-5+. The topological polar surface area (TPSA) is 17.1 Å². The average molecular weight is 154 g/mol. The molecular formula is C9H11FO. The van der Waals surface area contributed by atoms with Crippen molar-refractivity contribution < 1.29 is 9.18 Å². The van der Waals surface area contributed by atoms with Gasteiger partial charge in [-0.1, -0.05) is 18.7 Å². The predicted molar refractivity (Wildman–Crippen MR) is 43.8 cm³/mol. The second kappa shape index (κ2) is 3.86. The van der Waals surface area contributed by atoms with Crippen LogP contribution in [0.5, 0.6) is 0 Å². The first kappa shape index (κ1) is 9.82. The Kier molecular flexibility index (Phi) is 3.45. The summed E-state index contributed by atoms with van der Waals surface area (Å²) in [5, 5.41) is 0. The molecule has 0 unspecified atom stereocenters. The first-order valence-electron chi connectivity index (χ1n) is 3.18. The van der Waals surface area contributed by atoms with Crippen LogP contribution >= 0.6 is 0 Å². The third-order valence-electron chi connectivity index (χ3n) is 1.09. The molecule has 0 heterocycles. The van der Waals surface area contributed by atoms with Crippen molar-refractivity contribution in [1.29, 1.82) is 0 Å². The quantitative estimate of drug-likeness (QED) is 0.451. The molecule has 0 aliphatic carbocycles. The Bertz CT molecular complexity index is 236. The molecule has 2 heteroatoms. The van der Waals surface area contributed by atoms with Crippen LogP contribution in [0.4, 0.5) is 4.39 Å². The van der Waals surface area contributed by atoms with E-state index in [1.165, 1.54) is 13.0 Å². The Hall–Kier alpha value is -1.18. The van der Waals surface area contributed by atoms with Gasteiger partial charge in [-0.05, 0) is 19.9 Å². The first-order valence-corrected chi connectivity index (χ1v) is 3.18. The highest BCUT2D eigenvalue weighted by Crippen LogP contribution is 2.11. The van der Waals surface area contributed by atoms with Crippen LogP contribution in [0.15, 0.2) is 36.2 Å². The molecule has 0 spiro atoms. The van der Waals surface area contributed by atoms with Gasteiger partial charge in [0.25, 0.3) is 0 Å². The number of rotatable bonds is 3. The molecule has 0 amide bonds. The molecule has 11 heavy (non-hydrogen) atoms. The van der Waals surface area contributed by atoms with E-state index in [1.54, 1.807) is 6.92 Å². The van der Waals surface area contributed by atoms with E-state index in [9.17, 15) is 9.18 Å². The number of halogens is 1. The highest BCUT2D eigenvalue weighted by Gasteiger charge is 2.05. The Balaban J connectivity index is 4.49. The molecule has 0 rings (SSSR count). The summed E-state index contributed by atoms with van der Waals surface area (Å²) >= 11 is 0. The zero-order valence-electron chi connectivity index (χ0n) is 6.78. The van der Waals surface area contributed by atoms with Crippen LogP contribution in [0, 0.1) is 0 Å². The number of hydrogen-bond acceptors (Lipinski definition) is 1. The maximum absolute atomic E-state index is 12.8. The van der Waals surface area contributed by atoms with Gasteiger partial charge in [-0.15, -0.1) is 0 Å². The molecule has 0 saturated heterocycles. The number of carbonyl (C=O) groups is 1. The van der Waals surface area contributed by atoms with Crippen LogP contribution in [0.1, 0.15) is 13.8 Å². The SMILES string of the molecule is C=C(C)/C=C(/F)C(=C)C(C)=O. The van der Waals surface area contributed by atoms with E-state index in [0.717, 1.165) is 0 Å². The number of allylic oxidation sites excluding steroid dienone is 4. The highest BCUT2D eigenvalue weighted by molar-refractivity contribution is 5.96. The molecule has 0 fully saturated rings. The summed E-state index contributed by atoms with van der Waals surface area (Å²) in [4.78, 5) is 10.6. The predicted octanol–water partition coefficient (Wildman–Crippen LogP) is 2.56. The fraction of sp³-hybridized carbons (Fsp3) is 0.222. The summed E-state index contributed by atoms with van der Waals surface area (Å²) in [6, 6.07) is 0. The van der Waals surface area contributed by atoms with Crippen LogP contribution in [-0.2, 0) is 4.79 Å². The minimum Gasteiger partial charge on any atom is -0.294 e. The smallest absolute Gasteiger partial charge is 0.162 e. The molecule has 0 atom stereocenters. The molecule has 0 bridgehead atoms. The van der Waals surface area contributed by atoms with Gasteiger partial charge in [-0.2, -0.15) is 0 Å². The van der Waals surface area contributed by atoms with Gasteiger partial charge >= 0.3 is 0 Å². The number of Topliss-reactive ketones (excluding diaryl/α,β-unsaturated/α-hetero) is 1. The molecule has 0 aliphatic rings. The van der Waals surface area contributed by atoms with Gasteiger partial charge in [0.1, 0.15) is 5.83 Å². The Morgan fingerprint density at radius 2 is 1.82 bits per heavy atom. The minimum atomic E-state index is -0.606. The minimum absolute atomic E-state index is 0.104. The lowest BCUT2D eigenvalue weighted by molar-refractivity contribution is -0.113. The van der Waals surface area contributed by atoms with Gasteiger partial charge in [0, 0.05) is 5.57 Å². The van der Waals surface area contributed by atoms with E-state index >= 15 is 0 Å². The summed E-state index contributed by atoms with van der Waals surface area (Å²) in [5.74, 6) is -0.968. The van der Waals surface area contributed by atoms with Gasteiger partial charge < -0.3 is 0 Å². The van der Waals surface area contributed by atoms with Gasteiger partial charge in [0.15, 0.2) is 5.78 Å². The van der Waals surface area contributed by atoms with E-state index in [2.05, 4.69) is 13.2 Å². The van der Waals surface area contributed by atoms with Crippen LogP contribution in [0.2, 0.25) is 0 Å². The first-order chi connectivity index (χ1) is 4.95.